The Kier molecular flexibility index (Phi) is 5.13. The zero-order valence-electron chi connectivity index (χ0n) is 14.3. The lowest BCUT2D eigenvalue weighted by atomic mass is 9.99. The van der Waals surface area contributed by atoms with Crippen LogP contribution in [0.25, 0.3) is 0 Å². The minimum atomic E-state index is -0.483. The molecular weight excluding hydrogens is 386 g/mol. The Morgan fingerprint density at radius 2 is 2.16 bits per heavy atom. The fourth-order valence-corrected chi connectivity index (χ4v) is 3.89. The number of benzene rings is 1. The number of piperazine rings is 1. The molecule has 7 heteroatoms. The molecule has 0 aromatic heterocycles. The van der Waals surface area contributed by atoms with Gasteiger partial charge in [0.2, 0.25) is 11.8 Å². The average Bonchev–Trinajstić information content (AvgIpc) is 2.96. The van der Waals surface area contributed by atoms with E-state index in [-0.39, 0.29) is 23.8 Å². The summed E-state index contributed by atoms with van der Waals surface area (Å²) in [5.74, 6) is -0.0416. The van der Waals surface area contributed by atoms with Crippen molar-refractivity contribution in [1.82, 2.24) is 15.5 Å². The van der Waals surface area contributed by atoms with E-state index in [1.54, 1.807) is 23.1 Å². The molecule has 0 unspecified atom stereocenters. The third-order valence-electron chi connectivity index (χ3n) is 4.63. The van der Waals surface area contributed by atoms with Gasteiger partial charge in [-0.3, -0.25) is 14.4 Å². The molecule has 0 aliphatic carbocycles. The zero-order chi connectivity index (χ0) is 18.1. The van der Waals surface area contributed by atoms with E-state index >= 15 is 0 Å². The van der Waals surface area contributed by atoms with E-state index < -0.39 is 12.1 Å². The lowest BCUT2D eigenvalue weighted by molar-refractivity contribution is -0.147. The van der Waals surface area contributed by atoms with Crippen LogP contribution in [0.3, 0.4) is 0 Å². The predicted octanol–water partition coefficient (Wildman–Crippen LogP) is 1.69. The van der Waals surface area contributed by atoms with Crippen LogP contribution in [-0.2, 0) is 9.59 Å². The van der Waals surface area contributed by atoms with Crippen molar-refractivity contribution in [2.24, 2.45) is 5.92 Å². The molecule has 2 fully saturated rings. The minimum absolute atomic E-state index is 0.0440. The molecule has 2 heterocycles. The van der Waals surface area contributed by atoms with Gasteiger partial charge in [0, 0.05) is 22.6 Å². The van der Waals surface area contributed by atoms with Crippen LogP contribution in [0.1, 0.15) is 37.0 Å². The molecule has 3 rings (SSSR count). The molecule has 134 valence electrons. The second-order valence-electron chi connectivity index (χ2n) is 7.11. The molecule has 6 nitrogen and oxygen atoms in total. The van der Waals surface area contributed by atoms with Crippen molar-refractivity contribution >= 4 is 33.7 Å². The molecule has 0 spiro atoms. The first-order valence-electron chi connectivity index (χ1n) is 8.52. The normalized spacial score (nSPS) is 25.8. The van der Waals surface area contributed by atoms with Gasteiger partial charge in [-0.15, -0.1) is 0 Å². The molecule has 2 N–H and O–H groups in total. The van der Waals surface area contributed by atoms with Crippen LogP contribution in [-0.4, -0.2) is 47.3 Å². The Labute approximate surface area is 155 Å². The number of carbonyl (C=O) groups is 3. The van der Waals surface area contributed by atoms with Crippen molar-refractivity contribution in [1.29, 1.82) is 0 Å². The number of halogens is 1. The summed E-state index contributed by atoms with van der Waals surface area (Å²) >= 11 is 3.35. The molecule has 3 amide bonds. The van der Waals surface area contributed by atoms with Gasteiger partial charge in [0.25, 0.3) is 5.91 Å². The highest BCUT2D eigenvalue weighted by Crippen LogP contribution is 2.25. The number of carbonyl (C=O) groups excluding carboxylic acids is 3. The van der Waals surface area contributed by atoms with E-state index in [2.05, 4.69) is 26.6 Å². The van der Waals surface area contributed by atoms with Gasteiger partial charge in [-0.25, -0.2) is 0 Å². The molecule has 2 aliphatic rings. The van der Waals surface area contributed by atoms with Crippen LogP contribution < -0.4 is 10.6 Å². The van der Waals surface area contributed by atoms with Crippen LogP contribution in [0.2, 0.25) is 0 Å². The van der Waals surface area contributed by atoms with Gasteiger partial charge in [-0.1, -0.05) is 35.8 Å². The number of rotatable bonds is 4. The Balaban J connectivity index is 1.67. The Bertz CT molecular complexity index is 707. The largest absolute Gasteiger partial charge is 0.347 e. The molecule has 1 aromatic carbocycles. The van der Waals surface area contributed by atoms with Gasteiger partial charge in [0.1, 0.15) is 12.1 Å². The van der Waals surface area contributed by atoms with Crippen molar-refractivity contribution in [2.45, 2.75) is 44.8 Å². The quantitative estimate of drug-likeness (QED) is 0.796. The van der Waals surface area contributed by atoms with Crippen molar-refractivity contribution in [2.75, 3.05) is 6.54 Å². The highest BCUT2D eigenvalue weighted by molar-refractivity contribution is 9.10. The first kappa shape index (κ1) is 17.9. The van der Waals surface area contributed by atoms with Crippen LogP contribution in [0.15, 0.2) is 28.7 Å². The summed E-state index contributed by atoms with van der Waals surface area (Å²) < 4.78 is 0.829. The fraction of sp³-hybridized carbons (Fsp3) is 0.500. The minimum Gasteiger partial charge on any atom is -0.347 e. The highest BCUT2D eigenvalue weighted by atomic mass is 79.9. The Morgan fingerprint density at radius 1 is 1.40 bits per heavy atom. The second kappa shape index (κ2) is 7.15. The maximum absolute atomic E-state index is 12.6. The van der Waals surface area contributed by atoms with Gasteiger partial charge in [0.05, 0.1) is 0 Å². The van der Waals surface area contributed by atoms with Gasteiger partial charge in [-0.2, -0.15) is 0 Å². The molecule has 2 saturated heterocycles. The smallest absolute Gasteiger partial charge is 0.251 e. The van der Waals surface area contributed by atoms with Crippen molar-refractivity contribution in [3.8, 4) is 0 Å². The van der Waals surface area contributed by atoms with E-state index in [1.165, 1.54) is 0 Å². The van der Waals surface area contributed by atoms with Crippen molar-refractivity contribution in [3.05, 3.63) is 34.3 Å². The van der Waals surface area contributed by atoms with E-state index in [1.807, 2.05) is 19.9 Å². The molecule has 1 aromatic rings. The van der Waals surface area contributed by atoms with E-state index in [0.717, 1.165) is 4.47 Å². The molecule has 0 saturated carbocycles. The molecule has 3 atom stereocenters. The molecule has 25 heavy (non-hydrogen) atoms. The molecule has 2 aliphatic heterocycles. The van der Waals surface area contributed by atoms with Crippen LogP contribution >= 0.6 is 15.9 Å². The van der Waals surface area contributed by atoms with E-state index in [0.29, 0.717) is 30.9 Å². The lowest BCUT2D eigenvalue weighted by Gasteiger charge is -2.35. The summed E-state index contributed by atoms with van der Waals surface area (Å²) in [4.78, 5) is 39.0. The van der Waals surface area contributed by atoms with E-state index in [4.69, 9.17) is 0 Å². The maximum Gasteiger partial charge on any atom is 0.251 e. The lowest BCUT2D eigenvalue weighted by Crippen LogP contribution is -2.61. The number of hydrogen-bond acceptors (Lipinski definition) is 3. The SMILES string of the molecule is CC(C)C[C@H]1NC(=O)[C@@H]2C[C@H](NC(=O)c3cccc(Br)c3)CN2C1=O. The number of hydrogen-bond donors (Lipinski definition) is 2. The monoisotopic (exact) mass is 407 g/mol. The average molecular weight is 408 g/mol. The summed E-state index contributed by atoms with van der Waals surface area (Å²) in [5.41, 5.74) is 0.549. The number of nitrogens with zero attached hydrogens (tertiary/aromatic N) is 1. The van der Waals surface area contributed by atoms with Gasteiger partial charge in [-0.05, 0) is 37.0 Å². The topological polar surface area (TPSA) is 78.5 Å². The third-order valence-corrected chi connectivity index (χ3v) is 5.12. The fourth-order valence-electron chi connectivity index (χ4n) is 3.49. The van der Waals surface area contributed by atoms with Gasteiger partial charge >= 0.3 is 0 Å². The van der Waals surface area contributed by atoms with Gasteiger partial charge < -0.3 is 15.5 Å². The Morgan fingerprint density at radius 3 is 2.84 bits per heavy atom. The summed E-state index contributed by atoms with van der Waals surface area (Å²) in [5, 5.41) is 5.77. The van der Waals surface area contributed by atoms with Crippen molar-refractivity contribution in [3.63, 3.8) is 0 Å². The summed E-state index contributed by atoms with van der Waals surface area (Å²) in [7, 11) is 0. The van der Waals surface area contributed by atoms with Crippen LogP contribution in [0.5, 0.6) is 0 Å². The summed E-state index contributed by atoms with van der Waals surface area (Å²) in [6, 6.07) is 5.97. The molecular formula is C18H22BrN3O3. The van der Waals surface area contributed by atoms with E-state index in [9.17, 15) is 14.4 Å². The number of fused-ring (bicyclic) bond motifs is 1. The van der Waals surface area contributed by atoms with Crippen LogP contribution in [0, 0.1) is 5.92 Å². The zero-order valence-corrected chi connectivity index (χ0v) is 15.9. The summed E-state index contributed by atoms with van der Waals surface area (Å²) in [6.07, 6.45) is 1.08. The highest BCUT2D eigenvalue weighted by Gasteiger charge is 2.46. The maximum atomic E-state index is 12.6. The Hall–Kier alpha value is -1.89. The summed E-state index contributed by atoms with van der Waals surface area (Å²) in [6.45, 7) is 4.43. The third kappa shape index (κ3) is 3.86. The number of nitrogens with one attached hydrogen (secondary N) is 2. The first-order valence-corrected chi connectivity index (χ1v) is 9.31. The molecule has 0 radical (unpaired) electrons. The van der Waals surface area contributed by atoms with Gasteiger partial charge in [0.15, 0.2) is 0 Å². The first-order chi connectivity index (χ1) is 11.8. The standard InChI is InChI=1S/C18H22BrN3O3/c1-10(2)6-14-18(25)22-9-13(8-15(22)17(24)21-14)20-16(23)11-4-3-5-12(19)7-11/h3-5,7,10,13-15H,6,8-9H2,1-2H3,(H,20,23)(H,21,24)/t13-,14+,15-/m0/s1. The second-order valence-corrected chi connectivity index (χ2v) is 8.03. The molecule has 0 bridgehead atoms. The van der Waals surface area contributed by atoms with Crippen LogP contribution in [0.4, 0.5) is 0 Å². The predicted molar refractivity (Wildman–Crippen MR) is 96.9 cm³/mol. The number of amides is 3. The van der Waals surface area contributed by atoms with Crippen molar-refractivity contribution < 1.29 is 14.4 Å².